The molecule has 1 saturated carbocycles. The van der Waals surface area contributed by atoms with Crippen molar-refractivity contribution >= 4 is 27.6 Å². The summed E-state index contributed by atoms with van der Waals surface area (Å²) in [5.41, 5.74) is 0.886. The minimum absolute atomic E-state index is 0.0123. The van der Waals surface area contributed by atoms with E-state index in [1.165, 1.54) is 6.07 Å². The minimum atomic E-state index is -0.422. The van der Waals surface area contributed by atoms with E-state index in [-0.39, 0.29) is 29.4 Å². The van der Waals surface area contributed by atoms with Crippen LogP contribution in [0.2, 0.25) is 0 Å². The number of hydrogen-bond acceptors (Lipinski definition) is 4. The molecule has 2 rings (SSSR count). The lowest BCUT2D eigenvalue weighted by molar-refractivity contribution is -0.384. The van der Waals surface area contributed by atoms with E-state index in [0.29, 0.717) is 11.9 Å². The van der Waals surface area contributed by atoms with Crippen molar-refractivity contribution in [3.8, 4) is 0 Å². The fourth-order valence-corrected chi connectivity index (χ4v) is 3.23. The smallest absolute Gasteiger partial charge is 0.309 e. The molecule has 1 fully saturated rings. The molecule has 19 heavy (non-hydrogen) atoms. The van der Waals surface area contributed by atoms with Crippen molar-refractivity contribution in [1.29, 1.82) is 0 Å². The first kappa shape index (κ1) is 14.0. The monoisotopic (exact) mass is 327 g/mol. The molecule has 0 aromatic heterocycles. The van der Waals surface area contributed by atoms with Crippen molar-refractivity contribution in [3.05, 3.63) is 39.9 Å². The standard InChI is InChI=1S/C13H14BrNO4/c1-2-19-13(16)12-10(7-14)11(12)8-4-3-5-9(6-8)15(17)18/h3-6,10-12H,2,7H2,1H3. The Hall–Kier alpha value is -1.43. The summed E-state index contributed by atoms with van der Waals surface area (Å²) in [4.78, 5) is 22.1. The Kier molecular flexibility index (Phi) is 4.19. The quantitative estimate of drug-likeness (QED) is 0.361. The summed E-state index contributed by atoms with van der Waals surface area (Å²) in [7, 11) is 0. The lowest BCUT2D eigenvalue weighted by Crippen LogP contribution is -2.08. The van der Waals surface area contributed by atoms with Gasteiger partial charge in [-0.25, -0.2) is 0 Å². The number of esters is 1. The van der Waals surface area contributed by atoms with E-state index in [1.807, 2.05) is 6.07 Å². The first-order valence-electron chi connectivity index (χ1n) is 6.07. The van der Waals surface area contributed by atoms with Crippen molar-refractivity contribution < 1.29 is 14.5 Å². The third-order valence-corrected chi connectivity index (χ3v) is 4.12. The number of hydrogen-bond donors (Lipinski definition) is 0. The number of benzene rings is 1. The maximum absolute atomic E-state index is 11.8. The average Bonchev–Trinajstić information content (AvgIpc) is 3.13. The lowest BCUT2D eigenvalue weighted by atomic mass is 10.1. The Morgan fingerprint density at radius 3 is 2.84 bits per heavy atom. The number of nitro benzene ring substituents is 1. The molecule has 0 heterocycles. The second-order valence-electron chi connectivity index (χ2n) is 4.47. The zero-order valence-electron chi connectivity index (χ0n) is 10.4. The highest BCUT2D eigenvalue weighted by Crippen LogP contribution is 2.55. The van der Waals surface area contributed by atoms with Gasteiger partial charge in [-0.3, -0.25) is 14.9 Å². The van der Waals surface area contributed by atoms with Gasteiger partial charge in [0.15, 0.2) is 0 Å². The average molecular weight is 328 g/mol. The molecule has 1 aliphatic carbocycles. The van der Waals surface area contributed by atoms with Crippen LogP contribution in [0.25, 0.3) is 0 Å². The van der Waals surface area contributed by atoms with Gasteiger partial charge < -0.3 is 4.74 Å². The molecule has 102 valence electrons. The second kappa shape index (κ2) is 5.69. The summed E-state index contributed by atoms with van der Waals surface area (Å²) in [5, 5.41) is 11.5. The van der Waals surface area contributed by atoms with Gasteiger partial charge in [0, 0.05) is 23.4 Å². The van der Waals surface area contributed by atoms with Crippen molar-refractivity contribution in [3.63, 3.8) is 0 Å². The summed E-state index contributed by atoms with van der Waals surface area (Å²) in [6.45, 7) is 2.12. The number of alkyl halides is 1. The number of non-ortho nitro benzene ring substituents is 1. The van der Waals surface area contributed by atoms with Crippen LogP contribution in [0, 0.1) is 22.0 Å². The zero-order chi connectivity index (χ0) is 14.0. The maximum atomic E-state index is 11.8. The maximum Gasteiger partial charge on any atom is 0.309 e. The molecule has 0 aliphatic heterocycles. The predicted octanol–water partition coefficient (Wildman–Crippen LogP) is 2.88. The number of halogens is 1. The summed E-state index contributed by atoms with van der Waals surface area (Å²) in [5.74, 6) is -0.246. The van der Waals surface area contributed by atoms with Gasteiger partial charge in [0.25, 0.3) is 5.69 Å². The van der Waals surface area contributed by atoms with Crippen LogP contribution in [0.4, 0.5) is 5.69 Å². The first-order valence-corrected chi connectivity index (χ1v) is 7.19. The van der Waals surface area contributed by atoms with E-state index in [4.69, 9.17) is 4.74 Å². The molecule has 0 amide bonds. The molecule has 3 unspecified atom stereocenters. The Balaban J connectivity index is 2.20. The third kappa shape index (κ3) is 2.78. The fraction of sp³-hybridized carbons (Fsp3) is 0.462. The third-order valence-electron chi connectivity index (χ3n) is 3.37. The second-order valence-corrected chi connectivity index (χ2v) is 5.12. The molecular formula is C13H14BrNO4. The summed E-state index contributed by atoms with van der Waals surface area (Å²) in [6, 6.07) is 6.47. The Morgan fingerprint density at radius 1 is 1.53 bits per heavy atom. The van der Waals surface area contributed by atoms with Gasteiger partial charge in [0.05, 0.1) is 17.4 Å². The van der Waals surface area contributed by atoms with Crippen LogP contribution < -0.4 is 0 Å². The highest BCUT2D eigenvalue weighted by molar-refractivity contribution is 9.09. The molecule has 1 aromatic carbocycles. The largest absolute Gasteiger partial charge is 0.466 e. The Labute approximate surface area is 119 Å². The van der Waals surface area contributed by atoms with E-state index in [1.54, 1.807) is 19.1 Å². The highest BCUT2D eigenvalue weighted by atomic mass is 79.9. The van der Waals surface area contributed by atoms with E-state index < -0.39 is 4.92 Å². The van der Waals surface area contributed by atoms with Gasteiger partial charge in [-0.1, -0.05) is 28.1 Å². The van der Waals surface area contributed by atoms with Crippen molar-refractivity contribution in [2.24, 2.45) is 11.8 Å². The Bertz CT molecular complexity index is 505. The predicted molar refractivity (Wildman–Crippen MR) is 73.2 cm³/mol. The number of ether oxygens (including phenoxy) is 1. The molecule has 1 aliphatic rings. The molecule has 0 radical (unpaired) electrons. The molecule has 0 bridgehead atoms. The van der Waals surface area contributed by atoms with E-state index in [2.05, 4.69) is 15.9 Å². The number of carbonyl (C=O) groups excluding carboxylic acids is 1. The lowest BCUT2D eigenvalue weighted by Gasteiger charge is -2.01. The van der Waals surface area contributed by atoms with Gasteiger partial charge in [-0.05, 0) is 18.4 Å². The van der Waals surface area contributed by atoms with Crippen LogP contribution in [0.5, 0.6) is 0 Å². The van der Waals surface area contributed by atoms with E-state index in [0.717, 1.165) is 5.56 Å². The van der Waals surface area contributed by atoms with Gasteiger partial charge in [0.1, 0.15) is 0 Å². The molecule has 0 saturated heterocycles. The Morgan fingerprint density at radius 2 is 2.26 bits per heavy atom. The number of nitrogens with zero attached hydrogens (tertiary/aromatic N) is 1. The number of nitro groups is 1. The van der Waals surface area contributed by atoms with Crippen LogP contribution in [0.1, 0.15) is 18.4 Å². The molecule has 0 N–H and O–H groups in total. The highest BCUT2D eigenvalue weighted by Gasteiger charge is 2.55. The van der Waals surface area contributed by atoms with E-state index >= 15 is 0 Å². The summed E-state index contributed by atoms with van der Waals surface area (Å²) in [6.07, 6.45) is 0. The van der Waals surface area contributed by atoms with Crippen molar-refractivity contribution in [1.82, 2.24) is 0 Å². The topological polar surface area (TPSA) is 69.4 Å². The molecule has 1 aromatic rings. The SMILES string of the molecule is CCOC(=O)C1C(CBr)C1c1cccc([N+](=O)[O-])c1. The van der Waals surface area contributed by atoms with Gasteiger partial charge in [-0.15, -0.1) is 0 Å². The molecule has 6 heteroatoms. The fourth-order valence-electron chi connectivity index (χ4n) is 2.43. The van der Waals surface area contributed by atoms with Gasteiger partial charge in [-0.2, -0.15) is 0 Å². The number of rotatable bonds is 5. The molecule has 3 atom stereocenters. The van der Waals surface area contributed by atoms with Crippen molar-refractivity contribution in [2.75, 3.05) is 11.9 Å². The first-order chi connectivity index (χ1) is 9.10. The van der Waals surface area contributed by atoms with Crippen molar-refractivity contribution in [2.45, 2.75) is 12.8 Å². The summed E-state index contributed by atoms with van der Waals surface area (Å²) < 4.78 is 5.03. The van der Waals surface area contributed by atoms with Crippen LogP contribution in [0.15, 0.2) is 24.3 Å². The van der Waals surface area contributed by atoms with Crippen LogP contribution >= 0.6 is 15.9 Å². The number of carbonyl (C=O) groups is 1. The minimum Gasteiger partial charge on any atom is -0.466 e. The van der Waals surface area contributed by atoms with Crippen LogP contribution in [0.3, 0.4) is 0 Å². The van der Waals surface area contributed by atoms with Gasteiger partial charge >= 0.3 is 5.97 Å². The van der Waals surface area contributed by atoms with Gasteiger partial charge in [0.2, 0.25) is 0 Å². The molecule has 0 spiro atoms. The molecular weight excluding hydrogens is 314 g/mol. The zero-order valence-corrected chi connectivity index (χ0v) is 12.0. The van der Waals surface area contributed by atoms with E-state index in [9.17, 15) is 14.9 Å². The molecule has 5 nitrogen and oxygen atoms in total. The normalized spacial score (nSPS) is 24.8. The van der Waals surface area contributed by atoms with Crippen LogP contribution in [-0.4, -0.2) is 22.8 Å². The summed E-state index contributed by atoms with van der Waals surface area (Å²) >= 11 is 3.38. The van der Waals surface area contributed by atoms with Crippen LogP contribution in [-0.2, 0) is 9.53 Å².